The van der Waals surface area contributed by atoms with Crippen LogP contribution in [0, 0.1) is 0 Å². The Morgan fingerprint density at radius 2 is 0.522 bits per heavy atom. The van der Waals surface area contributed by atoms with E-state index in [4.69, 9.17) is 4.42 Å². The molecule has 15 rings (SSSR count). The van der Waals surface area contributed by atoms with Gasteiger partial charge in [0.05, 0.1) is 0 Å². The minimum absolute atomic E-state index is 0.891. The van der Waals surface area contributed by atoms with Crippen molar-refractivity contribution in [1.29, 1.82) is 0 Å². The summed E-state index contributed by atoms with van der Waals surface area (Å²) in [5.74, 6) is 0. The van der Waals surface area contributed by atoms with Crippen LogP contribution in [0.3, 0.4) is 0 Å². The second-order valence-corrected chi connectivity index (χ2v) is 18.2. The first-order valence-corrected chi connectivity index (χ1v) is 23.2. The lowest BCUT2D eigenvalue weighted by Crippen LogP contribution is -1.94. The van der Waals surface area contributed by atoms with E-state index in [0.29, 0.717) is 0 Å². The molecule has 1 heteroatoms. The van der Waals surface area contributed by atoms with Gasteiger partial charge in [0.25, 0.3) is 0 Å². The van der Waals surface area contributed by atoms with Gasteiger partial charge in [0.2, 0.25) is 0 Å². The van der Waals surface area contributed by atoms with Crippen molar-refractivity contribution in [3.63, 3.8) is 0 Å². The van der Waals surface area contributed by atoms with Crippen LogP contribution >= 0.6 is 0 Å². The third kappa shape index (κ3) is 5.25. The zero-order valence-electron chi connectivity index (χ0n) is 36.3. The van der Waals surface area contributed by atoms with Crippen molar-refractivity contribution in [3.05, 3.63) is 231 Å². The number of hydrogen-bond acceptors (Lipinski definition) is 1. The molecule has 0 amide bonds. The summed E-state index contributed by atoms with van der Waals surface area (Å²) in [5, 5.41) is 24.7. The normalized spacial score (nSPS) is 12.2. The van der Waals surface area contributed by atoms with Crippen LogP contribution in [0.25, 0.3) is 152 Å². The van der Waals surface area contributed by atoms with Crippen LogP contribution in [0.15, 0.2) is 235 Å². The van der Waals surface area contributed by atoms with Crippen LogP contribution in [0.5, 0.6) is 0 Å². The van der Waals surface area contributed by atoms with Gasteiger partial charge < -0.3 is 4.42 Å². The summed E-state index contributed by atoms with van der Waals surface area (Å²) >= 11 is 0. The van der Waals surface area contributed by atoms with Gasteiger partial charge in [0.1, 0.15) is 11.2 Å². The van der Waals surface area contributed by atoms with Crippen molar-refractivity contribution in [3.8, 4) is 33.4 Å². The average molecular weight is 847 g/mol. The van der Waals surface area contributed by atoms with E-state index in [0.717, 1.165) is 21.9 Å². The molecule has 0 spiro atoms. The molecule has 0 aliphatic heterocycles. The maximum Gasteiger partial charge on any atom is 0.136 e. The molecule has 0 bridgehead atoms. The van der Waals surface area contributed by atoms with Gasteiger partial charge in [-0.1, -0.05) is 188 Å². The van der Waals surface area contributed by atoms with Crippen LogP contribution in [0.1, 0.15) is 0 Å². The SMILES string of the molecule is c1ccc2cc(-c3c4ccccc4c(-c4c5ccccc5c(-c5ccc6oc7cc8c9ccccc9c9cc%10ccccc%10cc9c8cc7c6c5)c5ccccc45)c4ccccc34)ccc2c1. The molecule has 0 atom stereocenters. The fraction of sp³-hybridized carbons (Fsp3) is 0. The van der Waals surface area contributed by atoms with Crippen molar-refractivity contribution in [1.82, 2.24) is 0 Å². The van der Waals surface area contributed by atoms with Gasteiger partial charge in [0.15, 0.2) is 0 Å². The Morgan fingerprint density at radius 3 is 1.03 bits per heavy atom. The Balaban J connectivity index is 1.00. The molecule has 14 aromatic carbocycles. The summed E-state index contributed by atoms with van der Waals surface area (Å²) < 4.78 is 6.78. The molecule has 0 aliphatic rings. The lowest BCUT2D eigenvalue weighted by Gasteiger charge is -2.22. The number of benzene rings is 14. The van der Waals surface area contributed by atoms with Crippen LogP contribution in [0.2, 0.25) is 0 Å². The van der Waals surface area contributed by atoms with Crippen LogP contribution in [0.4, 0.5) is 0 Å². The molecule has 0 fully saturated rings. The van der Waals surface area contributed by atoms with Crippen molar-refractivity contribution in [2.24, 2.45) is 0 Å². The molecule has 0 unspecified atom stereocenters. The number of fused-ring (bicyclic) bond motifs is 15. The third-order valence-corrected chi connectivity index (χ3v) is 14.7. The Bertz CT molecular complexity index is 4510. The molecule has 0 saturated carbocycles. The number of rotatable bonds is 3. The average Bonchev–Trinajstić information content (AvgIpc) is 3.75. The van der Waals surface area contributed by atoms with Gasteiger partial charge in [-0.3, -0.25) is 0 Å². The van der Waals surface area contributed by atoms with E-state index in [-0.39, 0.29) is 0 Å². The van der Waals surface area contributed by atoms with E-state index < -0.39 is 0 Å². The molecule has 15 aromatic rings. The fourth-order valence-electron chi connectivity index (χ4n) is 11.8. The first kappa shape index (κ1) is 36.5. The molecule has 67 heavy (non-hydrogen) atoms. The van der Waals surface area contributed by atoms with Gasteiger partial charge in [-0.15, -0.1) is 0 Å². The predicted molar refractivity (Wildman–Crippen MR) is 288 cm³/mol. The van der Waals surface area contributed by atoms with Crippen molar-refractivity contribution in [2.45, 2.75) is 0 Å². The highest BCUT2D eigenvalue weighted by atomic mass is 16.3. The molecular weight excluding hydrogens is 809 g/mol. The predicted octanol–water partition coefficient (Wildman–Crippen LogP) is 19.0. The second-order valence-electron chi connectivity index (χ2n) is 18.2. The lowest BCUT2D eigenvalue weighted by molar-refractivity contribution is 0.669. The molecule has 308 valence electrons. The molecular formula is C66H38O. The smallest absolute Gasteiger partial charge is 0.136 e. The van der Waals surface area contributed by atoms with Crippen molar-refractivity contribution in [2.75, 3.05) is 0 Å². The maximum absolute atomic E-state index is 6.78. The highest BCUT2D eigenvalue weighted by Crippen LogP contribution is 2.51. The van der Waals surface area contributed by atoms with Gasteiger partial charge in [-0.05, 0) is 173 Å². The van der Waals surface area contributed by atoms with Crippen molar-refractivity contribution < 1.29 is 4.42 Å². The van der Waals surface area contributed by atoms with Gasteiger partial charge in [0, 0.05) is 10.8 Å². The first-order chi connectivity index (χ1) is 33.2. The molecule has 1 aromatic heterocycles. The summed E-state index contributed by atoms with van der Waals surface area (Å²) in [6, 6.07) is 85.5. The maximum atomic E-state index is 6.78. The molecule has 0 radical (unpaired) electrons. The van der Waals surface area contributed by atoms with Crippen LogP contribution in [-0.2, 0) is 0 Å². The monoisotopic (exact) mass is 846 g/mol. The van der Waals surface area contributed by atoms with Crippen LogP contribution < -0.4 is 0 Å². The standard InChI is InChI=1S/C66H38O/c1-2-16-40-33-43(30-29-39(40)15-1)63-47-21-7-11-25-51(47)65(52-26-12-8-22-48(52)63)66-53-27-13-9-23-49(53)64(50-24-10-14-28-54(50)66)44-31-32-61-59(36-44)60-37-57-56-35-42-18-4-3-17-41(42)34-55(56)45-19-5-6-20-46(45)58(57)38-62(60)67-61/h1-38H. The summed E-state index contributed by atoms with van der Waals surface area (Å²) in [6.45, 7) is 0. The second kappa shape index (κ2) is 13.9. The Morgan fingerprint density at radius 1 is 0.179 bits per heavy atom. The van der Waals surface area contributed by atoms with Crippen LogP contribution in [-0.4, -0.2) is 0 Å². The molecule has 1 heterocycles. The highest BCUT2D eigenvalue weighted by Gasteiger charge is 2.23. The van der Waals surface area contributed by atoms with Crippen molar-refractivity contribution >= 4 is 119 Å². The Labute approximate surface area is 385 Å². The van der Waals surface area contributed by atoms with E-state index in [1.54, 1.807) is 0 Å². The summed E-state index contributed by atoms with van der Waals surface area (Å²) in [4.78, 5) is 0. The Hall–Kier alpha value is -8.78. The van der Waals surface area contributed by atoms with Gasteiger partial charge in [-0.25, -0.2) is 0 Å². The topological polar surface area (TPSA) is 13.1 Å². The number of furan rings is 1. The van der Waals surface area contributed by atoms with E-state index in [2.05, 4.69) is 231 Å². The molecule has 1 nitrogen and oxygen atoms in total. The summed E-state index contributed by atoms with van der Waals surface area (Å²) in [7, 11) is 0. The lowest BCUT2D eigenvalue weighted by atomic mass is 9.81. The minimum Gasteiger partial charge on any atom is -0.456 e. The molecule has 0 saturated heterocycles. The quantitative estimate of drug-likeness (QED) is 0.128. The number of hydrogen-bond donors (Lipinski definition) is 0. The fourth-order valence-corrected chi connectivity index (χ4v) is 11.8. The third-order valence-electron chi connectivity index (χ3n) is 14.7. The van der Waals surface area contributed by atoms with E-state index >= 15 is 0 Å². The largest absolute Gasteiger partial charge is 0.456 e. The summed E-state index contributed by atoms with van der Waals surface area (Å²) in [5.41, 5.74) is 9.23. The Kier molecular flexibility index (Phi) is 7.56. The van der Waals surface area contributed by atoms with Gasteiger partial charge in [-0.2, -0.15) is 0 Å². The molecule has 0 aliphatic carbocycles. The zero-order chi connectivity index (χ0) is 43.7. The minimum atomic E-state index is 0.891. The first-order valence-electron chi connectivity index (χ1n) is 23.2. The van der Waals surface area contributed by atoms with Gasteiger partial charge >= 0.3 is 0 Å². The highest BCUT2D eigenvalue weighted by molar-refractivity contribution is 6.32. The zero-order valence-corrected chi connectivity index (χ0v) is 36.3. The summed E-state index contributed by atoms with van der Waals surface area (Å²) in [6.07, 6.45) is 0. The van der Waals surface area contributed by atoms with E-state index in [1.165, 1.54) is 130 Å². The van der Waals surface area contributed by atoms with E-state index in [1.807, 2.05) is 0 Å². The van der Waals surface area contributed by atoms with E-state index in [9.17, 15) is 0 Å². The molecule has 0 N–H and O–H groups in total.